The fourth-order valence-corrected chi connectivity index (χ4v) is 2.27. The Labute approximate surface area is 111 Å². The molecule has 0 aromatic heterocycles. The van der Waals surface area contributed by atoms with Crippen LogP contribution in [0.5, 0.6) is 11.5 Å². The molecule has 100 valence electrons. The van der Waals surface area contributed by atoms with Gasteiger partial charge in [0.05, 0.1) is 6.42 Å². The molecular weight excluding hydrogens is 244 g/mol. The van der Waals surface area contributed by atoms with Gasteiger partial charge in [0.1, 0.15) is 5.84 Å². The van der Waals surface area contributed by atoms with Gasteiger partial charge in [-0.25, -0.2) is 0 Å². The van der Waals surface area contributed by atoms with Gasteiger partial charge in [-0.05, 0) is 24.6 Å². The maximum atomic E-state index is 12.3. The Bertz CT molecular complexity index is 539. The number of hydrogen-bond acceptors (Lipinski definition) is 5. The van der Waals surface area contributed by atoms with Crippen molar-refractivity contribution in [1.82, 2.24) is 4.90 Å². The van der Waals surface area contributed by atoms with Crippen LogP contribution in [0.25, 0.3) is 0 Å². The summed E-state index contributed by atoms with van der Waals surface area (Å²) in [5, 5.41) is 0. The van der Waals surface area contributed by atoms with Crippen molar-refractivity contribution >= 4 is 11.6 Å². The van der Waals surface area contributed by atoms with Crippen molar-refractivity contribution in [3.05, 3.63) is 23.8 Å². The first-order valence-electron chi connectivity index (χ1n) is 6.41. The number of benzene rings is 1. The van der Waals surface area contributed by atoms with Crippen molar-refractivity contribution in [2.24, 2.45) is 4.99 Å². The van der Waals surface area contributed by atoms with E-state index in [1.165, 1.54) is 0 Å². The molecule has 1 aromatic rings. The van der Waals surface area contributed by atoms with Crippen LogP contribution in [0, 0.1) is 0 Å². The van der Waals surface area contributed by atoms with Crippen molar-refractivity contribution in [2.45, 2.75) is 12.8 Å². The molecule has 1 aromatic carbocycles. The van der Waals surface area contributed by atoms with E-state index in [1.54, 1.807) is 18.2 Å². The number of hydrogen-bond donors (Lipinski definition) is 0. The van der Waals surface area contributed by atoms with Crippen LogP contribution in [-0.4, -0.2) is 43.4 Å². The van der Waals surface area contributed by atoms with Crippen LogP contribution in [0.3, 0.4) is 0 Å². The van der Waals surface area contributed by atoms with E-state index >= 15 is 0 Å². The molecule has 2 aliphatic heterocycles. The van der Waals surface area contributed by atoms with Crippen LogP contribution in [0.15, 0.2) is 23.2 Å². The number of fused-ring (bicyclic) bond motifs is 1. The number of ether oxygens (including phenoxy) is 2. The zero-order valence-corrected chi connectivity index (χ0v) is 10.9. The lowest BCUT2D eigenvalue weighted by atomic mass is 10.1. The molecule has 0 amide bonds. The zero-order valence-electron chi connectivity index (χ0n) is 10.9. The van der Waals surface area contributed by atoms with Crippen molar-refractivity contribution < 1.29 is 14.3 Å². The third-order valence-corrected chi connectivity index (χ3v) is 3.40. The fraction of sp³-hybridized carbons (Fsp3) is 0.429. The molecule has 5 nitrogen and oxygen atoms in total. The third kappa shape index (κ3) is 2.41. The molecule has 0 spiro atoms. The number of amidine groups is 1. The van der Waals surface area contributed by atoms with Crippen LogP contribution in [0.2, 0.25) is 0 Å². The lowest BCUT2D eigenvalue weighted by molar-refractivity contribution is 0.0996. The molecule has 2 heterocycles. The number of nitrogens with zero attached hydrogens (tertiary/aromatic N) is 2. The summed E-state index contributed by atoms with van der Waals surface area (Å²) in [6, 6.07) is 5.30. The van der Waals surface area contributed by atoms with Gasteiger partial charge < -0.3 is 14.4 Å². The minimum Gasteiger partial charge on any atom is -0.454 e. The highest BCUT2D eigenvalue weighted by Gasteiger charge is 2.19. The van der Waals surface area contributed by atoms with Gasteiger partial charge in [-0.3, -0.25) is 9.79 Å². The SMILES string of the molecule is CN1CCCN=C1CC(=O)c1ccc2c(c1)OCO2. The van der Waals surface area contributed by atoms with E-state index < -0.39 is 0 Å². The molecule has 0 radical (unpaired) electrons. The number of carbonyl (C=O) groups excluding carboxylic acids is 1. The lowest BCUT2D eigenvalue weighted by Crippen LogP contribution is -2.33. The van der Waals surface area contributed by atoms with Crippen LogP contribution in [0.4, 0.5) is 0 Å². The van der Waals surface area contributed by atoms with Crippen LogP contribution in [-0.2, 0) is 0 Å². The van der Waals surface area contributed by atoms with E-state index in [4.69, 9.17) is 9.47 Å². The Hall–Kier alpha value is -2.04. The summed E-state index contributed by atoms with van der Waals surface area (Å²) in [7, 11) is 1.98. The maximum Gasteiger partial charge on any atom is 0.231 e. The van der Waals surface area contributed by atoms with E-state index in [1.807, 2.05) is 11.9 Å². The lowest BCUT2D eigenvalue weighted by Gasteiger charge is -2.24. The summed E-state index contributed by atoms with van der Waals surface area (Å²) in [5.74, 6) is 2.27. The third-order valence-electron chi connectivity index (χ3n) is 3.40. The Balaban J connectivity index is 1.75. The number of rotatable bonds is 3. The number of Topliss-reactive ketones (excluding diaryl/α,β-unsaturated/α-hetero) is 1. The molecule has 0 fully saturated rings. The second-order valence-electron chi connectivity index (χ2n) is 4.74. The number of aliphatic imine (C=N–C) groups is 1. The monoisotopic (exact) mass is 260 g/mol. The zero-order chi connectivity index (χ0) is 13.2. The molecule has 5 heteroatoms. The first kappa shape index (κ1) is 12.0. The normalized spacial score (nSPS) is 17.3. The topological polar surface area (TPSA) is 51.1 Å². The number of ketones is 1. The maximum absolute atomic E-state index is 12.3. The van der Waals surface area contributed by atoms with Gasteiger partial charge in [0.2, 0.25) is 6.79 Å². The molecule has 0 unspecified atom stereocenters. The van der Waals surface area contributed by atoms with Crippen molar-refractivity contribution in [2.75, 3.05) is 26.9 Å². The summed E-state index contributed by atoms with van der Waals surface area (Å²) in [4.78, 5) is 18.7. The van der Waals surface area contributed by atoms with E-state index in [0.29, 0.717) is 23.5 Å². The Morgan fingerprint density at radius 2 is 2.21 bits per heavy atom. The standard InChI is InChI=1S/C14H16N2O3/c1-16-6-2-5-15-14(16)8-11(17)10-3-4-12-13(7-10)19-9-18-12/h3-4,7H,2,5-6,8-9H2,1H3. The summed E-state index contributed by atoms with van der Waals surface area (Å²) in [5.41, 5.74) is 0.644. The second-order valence-corrected chi connectivity index (χ2v) is 4.74. The van der Waals surface area contributed by atoms with Gasteiger partial charge in [0, 0.05) is 25.7 Å². The van der Waals surface area contributed by atoms with Crippen LogP contribution in [0.1, 0.15) is 23.2 Å². The van der Waals surface area contributed by atoms with E-state index in [-0.39, 0.29) is 12.6 Å². The minimum atomic E-state index is 0.0609. The predicted molar refractivity (Wildman–Crippen MR) is 71.1 cm³/mol. The molecule has 0 saturated heterocycles. The highest BCUT2D eigenvalue weighted by molar-refractivity contribution is 6.09. The predicted octanol–water partition coefficient (Wildman–Crippen LogP) is 1.72. The molecule has 0 aliphatic carbocycles. The molecule has 0 bridgehead atoms. The molecule has 0 N–H and O–H groups in total. The van der Waals surface area contributed by atoms with E-state index in [2.05, 4.69) is 4.99 Å². The van der Waals surface area contributed by atoms with Crippen LogP contribution >= 0.6 is 0 Å². The molecule has 19 heavy (non-hydrogen) atoms. The quantitative estimate of drug-likeness (QED) is 0.776. The largest absolute Gasteiger partial charge is 0.454 e. The Morgan fingerprint density at radius 3 is 3.05 bits per heavy atom. The van der Waals surface area contributed by atoms with Crippen molar-refractivity contribution in [3.63, 3.8) is 0 Å². The average Bonchev–Trinajstić information content (AvgIpc) is 2.88. The van der Waals surface area contributed by atoms with Crippen molar-refractivity contribution in [1.29, 1.82) is 0 Å². The van der Waals surface area contributed by atoms with Crippen molar-refractivity contribution in [3.8, 4) is 11.5 Å². The van der Waals surface area contributed by atoms with Gasteiger partial charge in [0.15, 0.2) is 17.3 Å². The Kier molecular flexibility index (Phi) is 3.11. The van der Waals surface area contributed by atoms with E-state index in [0.717, 1.165) is 25.3 Å². The van der Waals surface area contributed by atoms with Gasteiger partial charge >= 0.3 is 0 Å². The van der Waals surface area contributed by atoms with Gasteiger partial charge in [0.25, 0.3) is 0 Å². The fourth-order valence-electron chi connectivity index (χ4n) is 2.27. The Morgan fingerprint density at radius 1 is 1.37 bits per heavy atom. The first-order valence-corrected chi connectivity index (χ1v) is 6.41. The molecule has 2 aliphatic rings. The van der Waals surface area contributed by atoms with Gasteiger partial charge in [-0.15, -0.1) is 0 Å². The van der Waals surface area contributed by atoms with Gasteiger partial charge in [-0.1, -0.05) is 0 Å². The highest BCUT2D eigenvalue weighted by Crippen LogP contribution is 2.32. The van der Waals surface area contributed by atoms with Crippen LogP contribution < -0.4 is 9.47 Å². The summed E-state index contributed by atoms with van der Waals surface area (Å²) in [6.45, 7) is 2.00. The smallest absolute Gasteiger partial charge is 0.231 e. The summed E-state index contributed by atoms with van der Waals surface area (Å²) < 4.78 is 10.5. The van der Waals surface area contributed by atoms with Gasteiger partial charge in [-0.2, -0.15) is 0 Å². The molecule has 3 rings (SSSR count). The summed E-state index contributed by atoms with van der Waals surface area (Å²) in [6.07, 6.45) is 1.40. The first-order chi connectivity index (χ1) is 9.24. The molecule has 0 atom stereocenters. The second kappa shape index (κ2) is 4.91. The molecular formula is C14H16N2O3. The highest BCUT2D eigenvalue weighted by atomic mass is 16.7. The van der Waals surface area contributed by atoms with E-state index in [9.17, 15) is 4.79 Å². The minimum absolute atomic E-state index is 0.0609. The number of carbonyl (C=O) groups is 1. The average molecular weight is 260 g/mol. The summed E-state index contributed by atoms with van der Waals surface area (Å²) >= 11 is 0. The molecule has 0 saturated carbocycles.